The van der Waals surface area contributed by atoms with Gasteiger partial charge in [-0.3, -0.25) is 9.59 Å². The number of aliphatic hydroxyl groups excluding tert-OH is 2. The largest absolute Gasteiger partial charge is 0.508 e. The summed E-state index contributed by atoms with van der Waals surface area (Å²) in [5.41, 5.74) is 2.24. The Labute approximate surface area is 475 Å². The predicted molar refractivity (Wildman–Crippen MR) is 314 cm³/mol. The molecular weight excluding hydrogens is 1020 g/mol. The summed E-state index contributed by atoms with van der Waals surface area (Å²) in [5, 5.41) is 50.6. The molecular formula is C63H92N4O11S. The van der Waals surface area contributed by atoms with Gasteiger partial charge < -0.3 is 60.2 Å². The number of anilines is 1. The number of unbranched alkanes of at least 4 members (excludes halogenated alkanes) is 18. The monoisotopic (exact) mass is 1110 g/mol. The van der Waals surface area contributed by atoms with E-state index in [9.17, 15) is 34.8 Å². The molecule has 0 aliphatic carbocycles. The van der Waals surface area contributed by atoms with Crippen LogP contribution in [0.15, 0.2) is 66.2 Å². The molecule has 0 bridgehead atoms. The number of esters is 1. The standard InChI is InChI=1S/C63H92N4O11S/c1-3-4-5-6-7-13-16-20-26-51(70)44-75-38-39-76-45-52(71)27-21-17-14-11-9-8-10-12-15-19-25-47-40-46(2)67(60(47)73)37-24-36-64-59(72)28-22-18-23-35-65-62(79)66-48-29-32-54-53(41-48)61(74)78-63(54)55-33-30-49(68)42-57(55)77-58-43-50(69)31-34-56(58)63/h29-34,40-43,46,51-52,68-71H,3-28,35-39,44-45H2,1-2H3,(H,64,72)(H2,65,66,79)/t46-,51-,52-/m0/s1. The second kappa shape index (κ2) is 34.1. The molecule has 15 nitrogen and oxygen atoms in total. The van der Waals surface area contributed by atoms with Gasteiger partial charge in [0.2, 0.25) is 11.8 Å². The van der Waals surface area contributed by atoms with Gasteiger partial charge in [0.25, 0.3) is 0 Å². The van der Waals surface area contributed by atoms with E-state index in [-0.39, 0.29) is 29.4 Å². The van der Waals surface area contributed by atoms with E-state index in [4.69, 9.17) is 31.2 Å². The second-order valence-corrected chi connectivity index (χ2v) is 22.3. The molecule has 0 radical (unpaired) electrons. The lowest BCUT2D eigenvalue weighted by atomic mass is 9.77. The maximum atomic E-state index is 13.5. The van der Waals surface area contributed by atoms with E-state index < -0.39 is 23.8 Å². The summed E-state index contributed by atoms with van der Waals surface area (Å²) in [5.74, 6) is 0.211. The lowest BCUT2D eigenvalue weighted by molar-refractivity contribution is -0.127. The Morgan fingerprint density at radius 1 is 0.671 bits per heavy atom. The van der Waals surface area contributed by atoms with Crippen molar-refractivity contribution in [1.29, 1.82) is 0 Å². The van der Waals surface area contributed by atoms with Crippen molar-refractivity contribution >= 4 is 40.8 Å². The topological polar surface area (TPSA) is 208 Å². The Morgan fingerprint density at radius 2 is 1.20 bits per heavy atom. The van der Waals surface area contributed by atoms with Crippen molar-refractivity contribution in [3.8, 4) is 23.0 Å². The molecule has 0 unspecified atom stereocenters. The molecule has 2 amide bonds. The molecule has 6 rings (SSSR count). The average Bonchev–Trinajstić information content (AvgIpc) is 3.98. The SMILES string of the molecule is CCCCCCCCCC[C@H](O)COCCOC[C@@H](O)CCCCCCCCCCCCC1=C[C@H](C)N(CCCNC(=O)CCCCCNC(=S)Nc2ccc3c(c2)C(=O)OC32c3ccc(O)cc3Oc3cc(O)ccc32)C1=O. The van der Waals surface area contributed by atoms with Gasteiger partial charge in [-0.05, 0) is 100 Å². The van der Waals surface area contributed by atoms with Crippen molar-refractivity contribution in [3.05, 3.63) is 88.5 Å². The van der Waals surface area contributed by atoms with Crippen LogP contribution in [0.1, 0.15) is 208 Å². The van der Waals surface area contributed by atoms with Crippen molar-refractivity contribution in [3.63, 3.8) is 0 Å². The summed E-state index contributed by atoms with van der Waals surface area (Å²) in [4.78, 5) is 41.2. The number of ether oxygens (including phenoxy) is 4. The van der Waals surface area contributed by atoms with Crippen LogP contribution < -0.4 is 20.7 Å². The third kappa shape index (κ3) is 20.0. The lowest BCUT2D eigenvalue weighted by Gasteiger charge is -2.36. The summed E-state index contributed by atoms with van der Waals surface area (Å²) in [6.45, 7) is 7.61. The van der Waals surface area contributed by atoms with E-state index in [1.165, 1.54) is 108 Å². The quantitative estimate of drug-likeness (QED) is 0.0161. The van der Waals surface area contributed by atoms with Crippen molar-refractivity contribution in [2.75, 3.05) is 51.4 Å². The van der Waals surface area contributed by atoms with E-state index in [0.29, 0.717) is 103 Å². The summed E-state index contributed by atoms with van der Waals surface area (Å²) in [6, 6.07) is 14.7. The number of amides is 2. The number of hydrogen-bond acceptors (Lipinski definition) is 12. The van der Waals surface area contributed by atoms with E-state index in [1.807, 2.05) is 17.0 Å². The van der Waals surface area contributed by atoms with Crippen LogP contribution in [0.2, 0.25) is 0 Å². The highest BCUT2D eigenvalue weighted by atomic mass is 32.1. The predicted octanol–water partition coefficient (Wildman–Crippen LogP) is 12.1. The molecule has 3 aromatic carbocycles. The first-order chi connectivity index (χ1) is 38.4. The molecule has 1 spiro atoms. The number of hydrogen-bond donors (Lipinski definition) is 7. The summed E-state index contributed by atoms with van der Waals surface area (Å²) in [7, 11) is 0. The van der Waals surface area contributed by atoms with Crippen molar-refractivity contribution in [2.24, 2.45) is 0 Å². The summed E-state index contributed by atoms with van der Waals surface area (Å²) in [6.07, 6.45) is 28.8. The van der Waals surface area contributed by atoms with Crippen LogP contribution in [0.25, 0.3) is 0 Å². The number of nitrogens with one attached hydrogen (secondary N) is 3. The third-order valence-electron chi connectivity index (χ3n) is 15.4. The molecule has 436 valence electrons. The molecule has 3 aromatic rings. The zero-order chi connectivity index (χ0) is 56.2. The van der Waals surface area contributed by atoms with Crippen LogP contribution in [0.4, 0.5) is 5.69 Å². The van der Waals surface area contributed by atoms with Gasteiger partial charge >= 0.3 is 5.97 Å². The number of phenols is 2. The maximum absolute atomic E-state index is 13.5. The molecule has 0 saturated heterocycles. The van der Waals surface area contributed by atoms with Crippen molar-refractivity contribution in [1.82, 2.24) is 15.5 Å². The summed E-state index contributed by atoms with van der Waals surface area (Å²) < 4.78 is 23.4. The van der Waals surface area contributed by atoms with Gasteiger partial charge in [-0.1, -0.05) is 135 Å². The van der Waals surface area contributed by atoms with Crippen molar-refractivity contribution in [2.45, 2.75) is 205 Å². The fourth-order valence-electron chi connectivity index (χ4n) is 11.0. The van der Waals surface area contributed by atoms with Gasteiger partial charge in [0, 0.05) is 72.2 Å². The number of aromatic hydroxyl groups is 2. The molecule has 0 fully saturated rings. The fourth-order valence-corrected chi connectivity index (χ4v) is 11.2. The minimum atomic E-state index is -1.34. The number of fused-ring (bicyclic) bond motifs is 6. The highest BCUT2D eigenvalue weighted by Gasteiger charge is 2.53. The molecule has 3 aliphatic heterocycles. The minimum absolute atomic E-state index is 0.00913. The Bertz CT molecular complexity index is 2360. The zero-order valence-electron chi connectivity index (χ0n) is 47.3. The van der Waals surface area contributed by atoms with Crippen LogP contribution in [-0.4, -0.2) is 113 Å². The molecule has 79 heavy (non-hydrogen) atoms. The smallest absolute Gasteiger partial charge is 0.340 e. The Kier molecular flexibility index (Phi) is 27.2. The number of carbonyl (C=O) groups is 3. The minimum Gasteiger partial charge on any atom is -0.508 e. The maximum Gasteiger partial charge on any atom is 0.340 e. The molecule has 16 heteroatoms. The zero-order valence-corrected chi connectivity index (χ0v) is 48.2. The van der Waals surface area contributed by atoms with Gasteiger partial charge in [-0.15, -0.1) is 0 Å². The van der Waals surface area contributed by atoms with E-state index in [1.54, 1.807) is 18.2 Å². The van der Waals surface area contributed by atoms with Crippen LogP contribution in [0, 0.1) is 0 Å². The van der Waals surface area contributed by atoms with E-state index >= 15 is 0 Å². The van der Waals surface area contributed by atoms with Gasteiger partial charge in [0.05, 0.1) is 44.2 Å². The van der Waals surface area contributed by atoms with Crippen LogP contribution in [0.5, 0.6) is 23.0 Å². The first-order valence-corrected chi connectivity index (χ1v) is 30.4. The van der Waals surface area contributed by atoms with Gasteiger partial charge in [0.1, 0.15) is 23.0 Å². The van der Waals surface area contributed by atoms with Crippen LogP contribution >= 0.6 is 12.2 Å². The summed E-state index contributed by atoms with van der Waals surface area (Å²) >= 11 is 5.56. The molecule has 3 atom stereocenters. The number of aliphatic hydroxyl groups is 2. The highest BCUT2D eigenvalue weighted by Crippen LogP contribution is 2.57. The molecule has 0 saturated carbocycles. The number of carbonyl (C=O) groups excluding carboxylic acids is 3. The Morgan fingerprint density at radius 3 is 1.80 bits per heavy atom. The number of phenolic OH excluding ortho intramolecular Hbond substituents is 2. The molecule has 7 N–H and O–H groups in total. The van der Waals surface area contributed by atoms with Crippen LogP contribution in [-0.2, 0) is 29.4 Å². The highest BCUT2D eigenvalue weighted by molar-refractivity contribution is 7.80. The van der Waals surface area contributed by atoms with E-state index in [2.05, 4.69) is 35.9 Å². The average molecular weight is 1110 g/mol. The lowest BCUT2D eigenvalue weighted by Crippen LogP contribution is -2.35. The van der Waals surface area contributed by atoms with Crippen molar-refractivity contribution < 1.29 is 53.8 Å². The third-order valence-corrected chi connectivity index (χ3v) is 15.6. The number of nitrogens with zero attached hydrogens (tertiary/aromatic N) is 1. The van der Waals surface area contributed by atoms with E-state index in [0.717, 1.165) is 76.2 Å². The molecule has 0 aromatic heterocycles. The number of thiocarbonyl (C=S) groups is 1. The van der Waals surface area contributed by atoms with Gasteiger partial charge in [-0.2, -0.15) is 0 Å². The fraction of sp³-hybridized carbons (Fsp3) is 0.619. The van der Waals surface area contributed by atoms with Gasteiger partial charge in [-0.25, -0.2) is 4.79 Å². The molecule has 3 aliphatic rings. The Balaban J connectivity index is 0.710. The Hall–Kier alpha value is -5.26. The first kappa shape index (κ1) is 62.9. The number of benzene rings is 3. The normalized spacial score (nSPS) is 15.7. The number of rotatable bonds is 40. The first-order valence-electron chi connectivity index (χ1n) is 30.0. The van der Waals surface area contributed by atoms with Gasteiger partial charge in [0.15, 0.2) is 10.7 Å². The second-order valence-electron chi connectivity index (χ2n) is 21.9. The molecule has 3 heterocycles. The van der Waals surface area contributed by atoms with Crippen LogP contribution in [0.3, 0.4) is 0 Å².